The van der Waals surface area contributed by atoms with E-state index in [4.69, 9.17) is 9.84 Å². The number of aryl methyl sites for hydroxylation is 1. The van der Waals surface area contributed by atoms with Crippen LogP contribution in [0.1, 0.15) is 34.2 Å². The first kappa shape index (κ1) is 21.7. The number of anilines is 1. The molecule has 33 heavy (non-hydrogen) atoms. The fraction of sp³-hybridized carbons (Fsp3) is 0.182. The van der Waals surface area contributed by atoms with E-state index in [9.17, 15) is 14.4 Å². The summed E-state index contributed by atoms with van der Waals surface area (Å²) in [4.78, 5) is 39.7. The molecule has 2 N–H and O–H groups in total. The van der Waals surface area contributed by atoms with Crippen molar-refractivity contribution in [3.63, 3.8) is 0 Å². The number of nitrogens with zero attached hydrogens (tertiary/aromatic N) is 5. The molecule has 0 saturated heterocycles. The quantitative estimate of drug-likeness (QED) is 0.392. The van der Waals surface area contributed by atoms with Crippen molar-refractivity contribution in [3.05, 3.63) is 66.2 Å². The molecule has 11 heteroatoms. The van der Waals surface area contributed by atoms with Gasteiger partial charge in [-0.1, -0.05) is 12.1 Å². The van der Waals surface area contributed by atoms with Crippen LogP contribution in [-0.2, 0) is 16.1 Å². The van der Waals surface area contributed by atoms with Gasteiger partial charge in [-0.25, -0.2) is 19.1 Å². The van der Waals surface area contributed by atoms with Crippen LogP contribution in [0.15, 0.2) is 55.0 Å². The molecule has 0 radical (unpaired) electrons. The molecule has 0 saturated carbocycles. The van der Waals surface area contributed by atoms with Crippen molar-refractivity contribution in [3.8, 4) is 11.3 Å². The largest absolute Gasteiger partial charge is 0.476 e. The van der Waals surface area contributed by atoms with Crippen LogP contribution in [0, 0.1) is 0 Å². The number of ether oxygens (including phenoxy) is 1. The Morgan fingerprint density at radius 3 is 2.79 bits per heavy atom. The van der Waals surface area contributed by atoms with Gasteiger partial charge in [0.1, 0.15) is 5.56 Å². The molecule has 1 amide bonds. The number of aromatic nitrogens is 5. The summed E-state index contributed by atoms with van der Waals surface area (Å²) in [6.07, 6.45) is 4.63. The zero-order valence-electron chi connectivity index (χ0n) is 17.6. The van der Waals surface area contributed by atoms with Gasteiger partial charge < -0.3 is 15.2 Å². The molecule has 3 aromatic heterocycles. The maximum absolute atomic E-state index is 12.4. The number of amides is 1. The summed E-state index contributed by atoms with van der Waals surface area (Å²) in [6, 6.07) is 10.3. The molecule has 0 unspecified atom stereocenters. The van der Waals surface area contributed by atoms with E-state index in [0.717, 1.165) is 5.56 Å². The Kier molecular flexibility index (Phi) is 6.11. The van der Waals surface area contributed by atoms with E-state index in [1.807, 2.05) is 6.07 Å². The molecule has 4 aromatic rings. The van der Waals surface area contributed by atoms with Crippen LogP contribution >= 0.6 is 0 Å². The highest BCUT2D eigenvalue weighted by Gasteiger charge is 2.17. The van der Waals surface area contributed by atoms with Crippen LogP contribution < -0.4 is 5.32 Å². The van der Waals surface area contributed by atoms with Gasteiger partial charge in [0.2, 0.25) is 5.91 Å². The Morgan fingerprint density at radius 1 is 1.18 bits per heavy atom. The first-order chi connectivity index (χ1) is 16.0. The number of esters is 1. The number of hydrogen-bond acceptors (Lipinski definition) is 7. The summed E-state index contributed by atoms with van der Waals surface area (Å²) in [5.41, 5.74) is 2.60. The van der Waals surface area contributed by atoms with E-state index >= 15 is 0 Å². The van der Waals surface area contributed by atoms with Crippen molar-refractivity contribution in [1.82, 2.24) is 24.4 Å². The smallest absolute Gasteiger partial charge is 0.356 e. The number of carboxylic acids is 1. The maximum atomic E-state index is 12.4. The zero-order valence-corrected chi connectivity index (χ0v) is 17.6. The predicted molar refractivity (Wildman–Crippen MR) is 117 cm³/mol. The minimum atomic E-state index is -1.12. The third-order valence-corrected chi connectivity index (χ3v) is 4.77. The topological polar surface area (TPSA) is 141 Å². The highest BCUT2D eigenvalue weighted by molar-refractivity contribution is 5.96. The molecule has 0 atom stereocenters. The van der Waals surface area contributed by atoms with E-state index in [2.05, 4.69) is 20.5 Å². The maximum Gasteiger partial charge on any atom is 0.356 e. The second-order valence-corrected chi connectivity index (χ2v) is 6.99. The van der Waals surface area contributed by atoms with Crippen LogP contribution in [0.5, 0.6) is 0 Å². The van der Waals surface area contributed by atoms with Crippen molar-refractivity contribution in [2.45, 2.75) is 19.9 Å². The molecule has 0 bridgehead atoms. The number of hydrogen-bond donors (Lipinski definition) is 2. The second kappa shape index (κ2) is 9.30. The number of rotatable bonds is 8. The first-order valence-electron chi connectivity index (χ1n) is 10.1. The lowest BCUT2D eigenvalue weighted by atomic mass is 10.1. The number of carbonyl (C=O) groups is 3. The summed E-state index contributed by atoms with van der Waals surface area (Å²) in [7, 11) is 0. The first-order valence-corrected chi connectivity index (χ1v) is 10.1. The standard InChI is InChI=1S/C22H20N6O5/c1-2-33-22(32)16-13-24-28-18(6-9-23-20(16)28)14-4-3-5-15(12-14)25-19(29)8-11-27-10-7-17(26-27)21(30)31/h3-7,9-10,12-13H,2,8,11H2,1H3,(H,25,29)(H,30,31). The molecular formula is C22H20N6O5. The number of benzene rings is 1. The minimum absolute atomic E-state index is 0.0727. The zero-order chi connectivity index (χ0) is 23.4. The highest BCUT2D eigenvalue weighted by Crippen LogP contribution is 2.24. The van der Waals surface area contributed by atoms with Crippen molar-refractivity contribution in [1.29, 1.82) is 0 Å². The van der Waals surface area contributed by atoms with Crippen LogP contribution in [0.2, 0.25) is 0 Å². The van der Waals surface area contributed by atoms with Gasteiger partial charge in [-0.2, -0.15) is 10.2 Å². The van der Waals surface area contributed by atoms with Gasteiger partial charge in [0.05, 0.1) is 18.5 Å². The summed E-state index contributed by atoms with van der Waals surface area (Å²) in [6.45, 7) is 2.22. The van der Waals surface area contributed by atoms with E-state index in [-0.39, 0.29) is 36.7 Å². The average Bonchev–Trinajstić information content (AvgIpc) is 3.45. The molecule has 168 valence electrons. The molecule has 4 rings (SSSR count). The Hall–Kier alpha value is -4.54. The molecule has 1 aromatic carbocycles. The highest BCUT2D eigenvalue weighted by atomic mass is 16.5. The Morgan fingerprint density at radius 2 is 2.03 bits per heavy atom. The monoisotopic (exact) mass is 448 g/mol. The summed E-state index contributed by atoms with van der Waals surface area (Å²) >= 11 is 0. The molecule has 0 aliphatic rings. The van der Waals surface area contributed by atoms with Gasteiger partial charge in [-0.15, -0.1) is 0 Å². The van der Waals surface area contributed by atoms with Gasteiger partial charge in [-0.05, 0) is 31.2 Å². The van der Waals surface area contributed by atoms with Crippen molar-refractivity contribution >= 4 is 29.2 Å². The summed E-state index contributed by atoms with van der Waals surface area (Å²) in [5.74, 6) is -1.86. The van der Waals surface area contributed by atoms with Crippen molar-refractivity contribution < 1.29 is 24.2 Å². The number of aromatic carboxylic acids is 1. The molecule has 0 spiro atoms. The number of fused-ring (bicyclic) bond motifs is 1. The number of nitrogens with one attached hydrogen (secondary N) is 1. The fourth-order valence-corrected chi connectivity index (χ4v) is 3.26. The fourth-order valence-electron chi connectivity index (χ4n) is 3.26. The SMILES string of the molecule is CCOC(=O)c1cnn2c(-c3cccc(NC(=O)CCn4ccc(C(=O)O)n4)c3)ccnc12. The third-order valence-electron chi connectivity index (χ3n) is 4.77. The van der Waals surface area contributed by atoms with E-state index in [1.165, 1.54) is 23.1 Å². The normalized spacial score (nSPS) is 10.8. The van der Waals surface area contributed by atoms with Gasteiger partial charge in [0, 0.05) is 36.6 Å². The Bertz CT molecular complexity index is 1340. The molecule has 3 heterocycles. The molecule has 0 aliphatic heterocycles. The number of carbonyl (C=O) groups excluding carboxylic acids is 2. The van der Waals surface area contributed by atoms with Gasteiger partial charge in [0.15, 0.2) is 11.3 Å². The van der Waals surface area contributed by atoms with Gasteiger partial charge in [0.25, 0.3) is 0 Å². The lowest BCUT2D eigenvalue weighted by Gasteiger charge is -2.09. The van der Waals surface area contributed by atoms with E-state index < -0.39 is 11.9 Å². The van der Waals surface area contributed by atoms with Crippen LogP contribution in [-0.4, -0.2) is 53.9 Å². The average molecular weight is 448 g/mol. The summed E-state index contributed by atoms with van der Waals surface area (Å²) < 4.78 is 8.01. The van der Waals surface area contributed by atoms with Crippen LogP contribution in [0.25, 0.3) is 16.9 Å². The Balaban J connectivity index is 1.49. The van der Waals surface area contributed by atoms with Crippen LogP contribution in [0.4, 0.5) is 5.69 Å². The Labute approximate surface area is 187 Å². The van der Waals surface area contributed by atoms with Crippen LogP contribution in [0.3, 0.4) is 0 Å². The lowest BCUT2D eigenvalue weighted by molar-refractivity contribution is -0.116. The molecular weight excluding hydrogens is 428 g/mol. The van der Waals surface area contributed by atoms with Crippen molar-refractivity contribution in [2.75, 3.05) is 11.9 Å². The van der Waals surface area contributed by atoms with Gasteiger partial charge >= 0.3 is 11.9 Å². The lowest BCUT2D eigenvalue weighted by Crippen LogP contribution is -2.15. The van der Waals surface area contributed by atoms with E-state index in [1.54, 1.807) is 41.9 Å². The molecule has 0 fully saturated rings. The summed E-state index contributed by atoms with van der Waals surface area (Å²) in [5, 5.41) is 19.9. The molecule has 0 aliphatic carbocycles. The van der Waals surface area contributed by atoms with Gasteiger partial charge in [-0.3, -0.25) is 9.48 Å². The van der Waals surface area contributed by atoms with E-state index in [0.29, 0.717) is 17.0 Å². The minimum Gasteiger partial charge on any atom is -0.476 e. The second-order valence-electron chi connectivity index (χ2n) is 6.99. The van der Waals surface area contributed by atoms with Crippen molar-refractivity contribution in [2.24, 2.45) is 0 Å². The molecule has 11 nitrogen and oxygen atoms in total. The number of carboxylic acid groups (broad SMARTS) is 1. The third kappa shape index (κ3) is 4.71. The predicted octanol–water partition coefficient (Wildman–Crippen LogP) is 2.50.